The lowest BCUT2D eigenvalue weighted by atomic mass is 10.5. The van der Waals surface area contributed by atoms with Crippen LogP contribution in [0.4, 0.5) is 10.1 Å². The maximum absolute atomic E-state index is 11.6. The van der Waals surface area contributed by atoms with E-state index in [0.29, 0.717) is 0 Å². The van der Waals surface area contributed by atoms with E-state index >= 15 is 0 Å². The van der Waals surface area contributed by atoms with Crippen LogP contribution in [0.15, 0.2) is 15.8 Å². The Morgan fingerprint density at radius 1 is 1.50 bits per heavy atom. The molecule has 12 heavy (non-hydrogen) atoms. The van der Waals surface area contributed by atoms with Gasteiger partial charge in [-0.15, -0.1) is 0 Å². The summed E-state index contributed by atoms with van der Waals surface area (Å²) in [5, 5.41) is 2.50. The van der Waals surface area contributed by atoms with Crippen LogP contribution in [-0.2, 0) is 0 Å². The smallest absolute Gasteiger partial charge is 0.325 e. The fourth-order valence-corrected chi connectivity index (χ4v) is 0.723. The topological polar surface area (TPSA) is 77.8 Å². The van der Waals surface area contributed by atoms with E-state index in [2.05, 4.69) is 10.3 Å². The van der Waals surface area contributed by atoms with Gasteiger partial charge in [-0.25, -0.2) is 9.18 Å². The highest BCUT2D eigenvalue weighted by atomic mass is 19.1. The molecule has 5 nitrogen and oxygen atoms in total. The van der Waals surface area contributed by atoms with Crippen molar-refractivity contribution in [2.75, 3.05) is 18.5 Å². The zero-order valence-corrected chi connectivity index (χ0v) is 6.19. The maximum atomic E-state index is 11.6. The van der Waals surface area contributed by atoms with E-state index < -0.39 is 17.9 Å². The maximum Gasteiger partial charge on any atom is 0.325 e. The molecule has 0 amide bonds. The third-order valence-electron chi connectivity index (χ3n) is 1.23. The molecule has 0 saturated carbocycles. The van der Waals surface area contributed by atoms with Gasteiger partial charge in [-0.2, -0.15) is 0 Å². The average molecular weight is 173 g/mol. The van der Waals surface area contributed by atoms with Crippen LogP contribution >= 0.6 is 0 Å². The Balaban J connectivity index is 2.87. The van der Waals surface area contributed by atoms with E-state index in [-0.39, 0.29) is 12.2 Å². The minimum Gasteiger partial charge on any atom is -0.377 e. The van der Waals surface area contributed by atoms with Gasteiger partial charge in [-0.05, 0) is 0 Å². The fourth-order valence-electron chi connectivity index (χ4n) is 0.723. The summed E-state index contributed by atoms with van der Waals surface area (Å²) in [4.78, 5) is 25.6. The van der Waals surface area contributed by atoms with Gasteiger partial charge in [0.25, 0.3) is 5.56 Å². The lowest BCUT2D eigenvalue weighted by Crippen LogP contribution is -2.24. The van der Waals surface area contributed by atoms with Crippen molar-refractivity contribution in [1.82, 2.24) is 9.97 Å². The second-order valence-electron chi connectivity index (χ2n) is 2.10. The molecule has 0 fully saturated rings. The molecule has 0 aliphatic rings. The molecule has 0 saturated heterocycles. The molecule has 0 aliphatic heterocycles. The van der Waals surface area contributed by atoms with Gasteiger partial charge in [0.05, 0.1) is 0 Å². The zero-order chi connectivity index (χ0) is 8.97. The molecule has 0 spiro atoms. The van der Waals surface area contributed by atoms with Gasteiger partial charge in [-0.3, -0.25) is 9.78 Å². The number of H-pyrrole nitrogens is 2. The first kappa shape index (κ1) is 8.51. The van der Waals surface area contributed by atoms with Crippen molar-refractivity contribution in [1.29, 1.82) is 0 Å². The third-order valence-corrected chi connectivity index (χ3v) is 1.23. The molecule has 0 radical (unpaired) electrons. The predicted molar refractivity (Wildman–Crippen MR) is 42.1 cm³/mol. The first-order valence-electron chi connectivity index (χ1n) is 3.36. The van der Waals surface area contributed by atoms with Crippen molar-refractivity contribution in [2.24, 2.45) is 0 Å². The lowest BCUT2D eigenvalue weighted by Gasteiger charge is -1.99. The Bertz CT molecular complexity index is 356. The second-order valence-corrected chi connectivity index (χ2v) is 2.10. The molecule has 0 unspecified atom stereocenters. The molecule has 66 valence electrons. The van der Waals surface area contributed by atoms with Crippen LogP contribution in [0.1, 0.15) is 0 Å². The number of halogens is 1. The molecular formula is C6H8FN3O2. The van der Waals surface area contributed by atoms with Crippen LogP contribution in [0.5, 0.6) is 0 Å². The zero-order valence-electron chi connectivity index (χ0n) is 6.19. The van der Waals surface area contributed by atoms with Crippen LogP contribution in [0.2, 0.25) is 0 Å². The van der Waals surface area contributed by atoms with Crippen molar-refractivity contribution in [3.05, 3.63) is 27.0 Å². The Morgan fingerprint density at radius 2 is 2.25 bits per heavy atom. The highest BCUT2D eigenvalue weighted by Gasteiger charge is 1.96. The molecule has 0 aromatic carbocycles. The molecule has 0 aliphatic carbocycles. The van der Waals surface area contributed by atoms with E-state index in [0.717, 1.165) is 0 Å². The Kier molecular flexibility index (Phi) is 2.62. The molecule has 3 N–H and O–H groups in total. The molecule has 0 bridgehead atoms. The normalized spacial score (nSPS) is 9.75. The number of aromatic amines is 2. The lowest BCUT2D eigenvalue weighted by molar-refractivity contribution is 0.512. The highest BCUT2D eigenvalue weighted by molar-refractivity contribution is 5.36. The monoisotopic (exact) mass is 173 g/mol. The summed E-state index contributed by atoms with van der Waals surface area (Å²) < 4.78 is 11.6. The van der Waals surface area contributed by atoms with E-state index in [9.17, 15) is 14.0 Å². The summed E-state index contributed by atoms with van der Waals surface area (Å²) in [6, 6.07) is 0. The average Bonchev–Trinajstić information content (AvgIpc) is 2.03. The number of rotatable bonds is 3. The summed E-state index contributed by atoms with van der Waals surface area (Å²) in [6.07, 6.45) is 1.21. The Hall–Kier alpha value is -1.59. The molecule has 0 atom stereocenters. The first-order valence-corrected chi connectivity index (χ1v) is 3.36. The van der Waals surface area contributed by atoms with E-state index in [1.54, 1.807) is 0 Å². The summed E-state index contributed by atoms with van der Waals surface area (Å²) in [7, 11) is 0. The summed E-state index contributed by atoms with van der Waals surface area (Å²) in [6.45, 7) is -0.520. The van der Waals surface area contributed by atoms with E-state index in [1.165, 1.54) is 6.20 Å². The van der Waals surface area contributed by atoms with Gasteiger partial charge >= 0.3 is 5.69 Å². The van der Waals surface area contributed by atoms with Gasteiger partial charge in [0.1, 0.15) is 12.4 Å². The number of alkyl halides is 1. The number of hydrogen-bond donors (Lipinski definition) is 3. The Labute approximate surface area is 66.6 Å². The molecular weight excluding hydrogens is 165 g/mol. The predicted octanol–water partition coefficient (Wildman–Crippen LogP) is -0.555. The number of anilines is 1. The molecule has 1 rings (SSSR count). The van der Waals surface area contributed by atoms with Crippen LogP contribution in [0.3, 0.4) is 0 Å². The molecule has 6 heteroatoms. The summed E-state index contributed by atoms with van der Waals surface area (Å²) >= 11 is 0. The van der Waals surface area contributed by atoms with Crippen molar-refractivity contribution < 1.29 is 4.39 Å². The van der Waals surface area contributed by atoms with Gasteiger partial charge in [0, 0.05) is 12.7 Å². The minimum absolute atomic E-state index is 0.0507. The SMILES string of the molecule is O=c1[nH]cc(NCCF)c(=O)[nH]1. The van der Waals surface area contributed by atoms with E-state index in [4.69, 9.17) is 0 Å². The molecule has 1 heterocycles. The third kappa shape index (κ3) is 1.94. The van der Waals surface area contributed by atoms with Crippen molar-refractivity contribution in [3.8, 4) is 0 Å². The van der Waals surface area contributed by atoms with Crippen molar-refractivity contribution >= 4 is 5.69 Å². The number of nitrogens with one attached hydrogen (secondary N) is 3. The fraction of sp³-hybridized carbons (Fsp3) is 0.333. The van der Waals surface area contributed by atoms with Gasteiger partial charge in [0.15, 0.2) is 0 Å². The quantitative estimate of drug-likeness (QED) is 0.573. The first-order chi connectivity index (χ1) is 5.74. The highest BCUT2D eigenvalue weighted by Crippen LogP contribution is 1.89. The van der Waals surface area contributed by atoms with Gasteiger partial charge < -0.3 is 10.3 Å². The number of aromatic nitrogens is 2. The van der Waals surface area contributed by atoms with Crippen LogP contribution in [-0.4, -0.2) is 23.2 Å². The largest absolute Gasteiger partial charge is 0.377 e. The van der Waals surface area contributed by atoms with Gasteiger partial charge in [0.2, 0.25) is 0 Å². The van der Waals surface area contributed by atoms with Crippen molar-refractivity contribution in [3.63, 3.8) is 0 Å². The molecule has 1 aromatic heterocycles. The van der Waals surface area contributed by atoms with Crippen LogP contribution in [0, 0.1) is 0 Å². The van der Waals surface area contributed by atoms with Crippen molar-refractivity contribution in [2.45, 2.75) is 0 Å². The summed E-state index contributed by atoms with van der Waals surface area (Å²) in [5.74, 6) is 0. The van der Waals surface area contributed by atoms with Crippen LogP contribution < -0.4 is 16.6 Å². The second kappa shape index (κ2) is 3.70. The minimum atomic E-state index is -0.578. The standard InChI is InChI=1S/C6H8FN3O2/c7-1-2-8-4-3-9-6(12)10-5(4)11/h3,8H,1-2H2,(H2,9,10,11,12). The van der Waals surface area contributed by atoms with Gasteiger partial charge in [-0.1, -0.05) is 0 Å². The number of hydrogen-bond acceptors (Lipinski definition) is 3. The van der Waals surface area contributed by atoms with E-state index in [1.807, 2.05) is 4.98 Å². The van der Waals surface area contributed by atoms with Crippen LogP contribution in [0.25, 0.3) is 0 Å². The summed E-state index contributed by atoms with van der Waals surface area (Å²) in [5.41, 5.74) is -0.967. The molecule has 1 aromatic rings. The Morgan fingerprint density at radius 3 is 2.83 bits per heavy atom.